The van der Waals surface area contributed by atoms with Crippen LogP contribution in [0, 0.1) is 11.7 Å². The Kier molecular flexibility index (Phi) is 5.21. The summed E-state index contributed by atoms with van der Waals surface area (Å²) in [5.41, 5.74) is 7.21. The van der Waals surface area contributed by atoms with E-state index in [2.05, 4.69) is 10.3 Å². The molecular weight excluding hydrogens is 357 g/mol. The van der Waals surface area contributed by atoms with E-state index in [4.69, 9.17) is 10.2 Å². The number of aromatic nitrogens is 1. The van der Waals surface area contributed by atoms with Crippen molar-refractivity contribution in [1.29, 1.82) is 0 Å². The van der Waals surface area contributed by atoms with Crippen LogP contribution in [0.25, 0.3) is 22.8 Å². The van der Waals surface area contributed by atoms with Gasteiger partial charge in [-0.3, -0.25) is 4.79 Å². The lowest BCUT2D eigenvalue weighted by molar-refractivity contribution is 0.0929. The Labute approximate surface area is 162 Å². The van der Waals surface area contributed by atoms with Crippen molar-refractivity contribution >= 4 is 5.91 Å². The molecule has 5 nitrogen and oxygen atoms in total. The SMILES string of the molecule is NCC1CCCC1NC(=O)c1ccccc1-c1ncc(-c2ccccc2F)o1. The Morgan fingerprint density at radius 3 is 2.68 bits per heavy atom. The van der Waals surface area contributed by atoms with Gasteiger partial charge in [0.15, 0.2) is 5.76 Å². The number of hydrogen-bond acceptors (Lipinski definition) is 4. The van der Waals surface area contributed by atoms with Gasteiger partial charge in [0.2, 0.25) is 5.89 Å². The lowest BCUT2D eigenvalue weighted by atomic mass is 10.0. The second kappa shape index (κ2) is 7.94. The maximum absolute atomic E-state index is 14.0. The lowest BCUT2D eigenvalue weighted by Crippen LogP contribution is -2.40. The van der Waals surface area contributed by atoms with Crippen molar-refractivity contribution < 1.29 is 13.6 Å². The molecule has 4 rings (SSSR count). The first-order valence-electron chi connectivity index (χ1n) is 9.48. The Balaban J connectivity index is 1.62. The van der Waals surface area contributed by atoms with Crippen molar-refractivity contribution in [1.82, 2.24) is 10.3 Å². The monoisotopic (exact) mass is 379 g/mol. The minimum atomic E-state index is -0.384. The number of carbonyl (C=O) groups is 1. The molecule has 2 unspecified atom stereocenters. The Morgan fingerprint density at radius 1 is 1.14 bits per heavy atom. The summed E-state index contributed by atoms with van der Waals surface area (Å²) in [7, 11) is 0. The van der Waals surface area contributed by atoms with Gasteiger partial charge < -0.3 is 15.5 Å². The molecule has 0 spiro atoms. The normalized spacial score (nSPS) is 18.9. The van der Waals surface area contributed by atoms with Crippen LogP contribution in [0.1, 0.15) is 29.6 Å². The predicted molar refractivity (Wildman–Crippen MR) is 105 cm³/mol. The highest BCUT2D eigenvalue weighted by molar-refractivity contribution is 6.00. The molecule has 1 fully saturated rings. The summed E-state index contributed by atoms with van der Waals surface area (Å²) in [6.45, 7) is 0.568. The Bertz CT molecular complexity index is 985. The third-order valence-corrected chi connectivity index (χ3v) is 5.33. The van der Waals surface area contributed by atoms with Gasteiger partial charge in [-0.2, -0.15) is 0 Å². The van der Waals surface area contributed by atoms with Gasteiger partial charge in [-0.1, -0.05) is 30.7 Å². The molecule has 1 amide bonds. The minimum absolute atomic E-state index is 0.0871. The van der Waals surface area contributed by atoms with Gasteiger partial charge in [0.05, 0.1) is 17.3 Å². The molecule has 2 atom stereocenters. The van der Waals surface area contributed by atoms with Crippen LogP contribution in [0.4, 0.5) is 4.39 Å². The van der Waals surface area contributed by atoms with Crippen molar-refractivity contribution in [3.63, 3.8) is 0 Å². The van der Waals surface area contributed by atoms with Crippen molar-refractivity contribution in [2.75, 3.05) is 6.54 Å². The van der Waals surface area contributed by atoms with Gasteiger partial charge in [-0.05, 0) is 49.6 Å². The van der Waals surface area contributed by atoms with E-state index in [9.17, 15) is 9.18 Å². The number of halogens is 1. The van der Waals surface area contributed by atoms with Crippen LogP contribution in [-0.2, 0) is 0 Å². The fourth-order valence-corrected chi connectivity index (χ4v) is 3.81. The van der Waals surface area contributed by atoms with E-state index in [1.165, 1.54) is 12.3 Å². The van der Waals surface area contributed by atoms with Gasteiger partial charge in [-0.15, -0.1) is 0 Å². The largest absolute Gasteiger partial charge is 0.436 e. The number of nitrogens with zero attached hydrogens (tertiary/aromatic N) is 1. The summed E-state index contributed by atoms with van der Waals surface area (Å²) in [6.07, 6.45) is 4.52. The highest BCUT2D eigenvalue weighted by Gasteiger charge is 2.28. The number of nitrogens with two attached hydrogens (primary N) is 1. The van der Waals surface area contributed by atoms with Crippen LogP contribution in [0.15, 0.2) is 59.1 Å². The second-order valence-electron chi connectivity index (χ2n) is 7.06. The molecule has 0 aliphatic heterocycles. The van der Waals surface area contributed by atoms with Gasteiger partial charge in [-0.25, -0.2) is 9.37 Å². The molecule has 1 aliphatic carbocycles. The maximum Gasteiger partial charge on any atom is 0.252 e. The smallest absolute Gasteiger partial charge is 0.252 e. The van der Waals surface area contributed by atoms with Crippen LogP contribution in [0.2, 0.25) is 0 Å². The van der Waals surface area contributed by atoms with Gasteiger partial charge in [0.25, 0.3) is 5.91 Å². The van der Waals surface area contributed by atoms with Crippen LogP contribution in [0.5, 0.6) is 0 Å². The molecule has 28 heavy (non-hydrogen) atoms. The van der Waals surface area contributed by atoms with Crippen LogP contribution < -0.4 is 11.1 Å². The number of benzene rings is 2. The average molecular weight is 379 g/mol. The summed E-state index contributed by atoms with van der Waals surface area (Å²) < 4.78 is 19.8. The van der Waals surface area contributed by atoms with Gasteiger partial charge in [0.1, 0.15) is 5.82 Å². The Morgan fingerprint density at radius 2 is 1.89 bits per heavy atom. The second-order valence-corrected chi connectivity index (χ2v) is 7.06. The fraction of sp³-hybridized carbons (Fsp3) is 0.273. The summed E-state index contributed by atoms with van der Waals surface area (Å²) >= 11 is 0. The highest BCUT2D eigenvalue weighted by Crippen LogP contribution is 2.30. The molecule has 1 aromatic heterocycles. The zero-order valence-electron chi connectivity index (χ0n) is 15.4. The third-order valence-electron chi connectivity index (χ3n) is 5.33. The molecular formula is C22H22FN3O2. The molecule has 3 N–H and O–H groups in total. The van der Waals surface area contributed by atoms with Crippen LogP contribution >= 0.6 is 0 Å². The van der Waals surface area contributed by atoms with Gasteiger partial charge in [0, 0.05) is 11.6 Å². The number of nitrogens with one attached hydrogen (secondary N) is 1. The molecule has 0 radical (unpaired) electrons. The van der Waals surface area contributed by atoms with Crippen molar-refractivity contribution in [3.05, 3.63) is 66.1 Å². The number of carbonyl (C=O) groups excluding carboxylic acids is 1. The van der Waals surface area contributed by atoms with E-state index in [1.807, 2.05) is 6.07 Å². The molecule has 144 valence electrons. The first-order valence-corrected chi connectivity index (χ1v) is 9.48. The summed E-state index contributed by atoms with van der Waals surface area (Å²) in [5.74, 6) is 0.357. The zero-order chi connectivity index (χ0) is 19.5. The topological polar surface area (TPSA) is 81.1 Å². The highest BCUT2D eigenvalue weighted by atomic mass is 19.1. The number of amides is 1. The van der Waals surface area contributed by atoms with Crippen molar-refractivity contribution in [2.45, 2.75) is 25.3 Å². The predicted octanol–water partition coefficient (Wildman–Crippen LogP) is 4.00. The third kappa shape index (κ3) is 3.55. The van der Waals surface area contributed by atoms with E-state index in [-0.39, 0.29) is 23.7 Å². The molecule has 1 saturated carbocycles. The van der Waals surface area contributed by atoms with E-state index < -0.39 is 0 Å². The standard InChI is InChI=1S/C22H22FN3O2/c23-18-10-4-3-9-17(18)20-13-25-22(28-20)16-8-2-1-7-15(16)21(27)26-19-11-5-6-14(19)12-24/h1-4,7-10,13-14,19H,5-6,11-12,24H2,(H,26,27). The van der Waals surface area contributed by atoms with Crippen LogP contribution in [0.3, 0.4) is 0 Å². The molecule has 1 heterocycles. The molecule has 6 heteroatoms. The van der Waals surface area contributed by atoms with E-state index in [1.54, 1.807) is 36.4 Å². The summed E-state index contributed by atoms with van der Waals surface area (Å²) in [4.78, 5) is 17.2. The summed E-state index contributed by atoms with van der Waals surface area (Å²) in [5, 5.41) is 3.11. The van der Waals surface area contributed by atoms with E-state index in [0.717, 1.165) is 19.3 Å². The average Bonchev–Trinajstić information content (AvgIpc) is 3.37. The Hall–Kier alpha value is -2.99. The number of oxazole rings is 1. The number of rotatable bonds is 5. The van der Waals surface area contributed by atoms with Crippen molar-refractivity contribution in [3.8, 4) is 22.8 Å². The van der Waals surface area contributed by atoms with E-state index >= 15 is 0 Å². The minimum Gasteiger partial charge on any atom is -0.436 e. The maximum atomic E-state index is 14.0. The van der Waals surface area contributed by atoms with E-state index in [0.29, 0.717) is 34.9 Å². The first kappa shape index (κ1) is 18.4. The van der Waals surface area contributed by atoms with Crippen LogP contribution in [-0.4, -0.2) is 23.5 Å². The lowest BCUT2D eigenvalue weighted by Gasteiger charge is -2.20. The van der Waals surface area contributed by atoms with Gasteiger partial charge >= 0.3 is 0 Å². The summed E-state index contributed by atoms with van der Waals surface area (Å²) in [6, 6.07) is 13.6. The molecule has 3 aromatic rings. The zero-order valence-corrected chi connectivity index (χ0v) is 15.4. The molecule has 0 bridgehead atoms. The molecule has 1 aliphatic rings. The quantitative estimate of drug-likeness (QED) is 0.702. The molecule has 2 aromatic carbocycles. The number of hydrogen-bond donors (Lipinski definition) is 2. The fourth-order valence-electron chi connectivity index (χ4n) is 3.81. The first-order chi connectivity index (χ1) is 13.7. The molecule has 0 saturated heterocycles. The van der Waals surface area contributed by atoms with Crippen molar-refractivity contribution in [2.24, 2.45) is 11.7 Å².